The number of hydrogen-bond acceptors (Lipinski definition) is 3. The molecule has 0 amide bonds. The van der Waals surface area contributed by atoms with Crippen LogP contribution in [0.3, 0.4) is 0 Å². The summed E-state index contributed by atoms with van der Waals surface area (Å²) in [4.78, 5) is 9.80. The van der Waals surface area contributed by atoms with Gasteiger partial charge in [-0.15, -0.1) is 0 Å². The van der Waals surface area contributed by atoms with Crippen molar-refractivity contribution in [3.8, 4) is 55.8 Å². The summed E-state index contributed by atoms with van der Waals surface area (Å²) in [7, 11) is 0. The van der Waals surface area contributed by atoms with Crippen molar-refractivity contribution in [3.63, 3.8) is 0 Å². The fraction of sp³-hybridized carbons (Fsp3) is 0. The van der Waals surface area contributed by atoms with E-state index in [1.165, 1.54) is 22.3 Å². The minimum absolute atomic E-state index is 0.750. The second-order valence-corrected chi connectivity index (χ2v) is 10.6. The number of rotatable bonds is 1. The number of hydrogen-bond donors (Lipinski definition) is 0. The molecule has 0 radical (unpaired) electrons. The van der Waals surface area contributed by atoms with Crippen LogP contribution in [0.5, 0.6) is 0 Å². The molecule has 5 aromatic carbocycles. The van der Waals surface area contributed by atoms with Gasteiger partial charge < -0.3 is 4.42 Å². The Bertz CT molecular complexity index is 2330. The molecule has 0 saturated carbocycles. The number of fused-ring (bicyclic) bond motifs is 12. The molecule has 1 aliphatic rings. The number of benzene rings is 5. The summed E-state index contributed by atoms with van der Waals surface area (Å²) >= 11 is 0. The van der Waals surface area contributed by atoms with Crippen LogP contribution in [0.15, 0.2) is 138 Å². The number of nitrogens with zero attached hydrogens (tertiary/aromatic N) is 2. The zero-order chi connectivity index (χ0) is 26.9. The van der Waals surface area contributed by atoms with Crippen LogP contribution in [0.2, 0.25) is 0 Å². The van der Waals surface area contributed by atoms with Crippen molar-refractivity contribution in [2.24, 2.45) is 0 Å². The van der Waals surface area contributed by atoms with E-state index in [4.69, 9.17) is 9.40 Å². The first kappa shape index (κ1) is 22.3. The van der Waals surface area contributed by atoms with Gasteiger partial charge in [0.25, 0.3) is 0 Å². The number of para-hydroxylation sites is 2. The Morgan fingerprint density at radius 3 is 1.98 bits per heavy atom. The summed E-state index contributed by atoms with van der Waals surface area (Å²) in [6, 6.07) is 45.0. The molecule has 0 fully saturated rings. The van der Waals surface area contributed by atoms with Crippen LogP contribution in [0, 0.1) is 0 Å². The molecule has 3 heterocycles. The Balaban J connectivity index is 1.38. The zero-order valence-corrected chi connectivity index (χ0v) is 22.0. The van der Waals surface area contributed by atoms with Gasteiger partial charge >= 0.3 is 0 Å². The maximum Gasteiger partial charge on any atom is 0.159 e. The van der Waals surface area contributed by atoms with Crippen molar-refractivity contribution in [3.05, 3.63) is 134 Å². The highest BCUT2D eigenvalue weighted by Gasteiger charge is 2.24. The lowest BCUT2D eigenvalue weighted by Gasteiger charge is -2.23. The lowest BCUT2D eigenvalue weighted by atomic mass is 9.81. The maximum absolute atomic E-state index is 6.43. The highest BCUT2D eigenvalue weighted by molar-refractivity contribution is 6.10. The molecule has 9 rings (SSSR count). The molecule has 3 nitrogen and oxygen atoms in total. The van der Waals surface area contributed by atoms with E-state index in [2.05, 4.69) is 114 Å². The molecule has 41 heavy (non-hydrogen) atoms. The van der Waals surface area contributed by atoms with Gasteiger partial charge in [-0.05, 0) is 63.7 Å². The fourth-order valence-corrected chi connectivity index (χ4v) is 6.44. The fourth-order valence-electron chi connectivity index (χ4n) is 6.44. The van der Waals surface area contributed by atoms with E-state index < -0.39 is 0 Å². The molecule has 0 saturated heterocycles. The lowest BCUT2D eigenvalue weighted by Crippen LogP contribution is -2.00. The van der Waals surface area contributed by atoms with E-state index in [1.807, 2.05) is 24.4 Å². The average molecular weight is 523 g/mol. The Morgan fingerprint density at radius 2 is 1.15 bits per heavy atom. The van der Waals surface area contributed by atoms with Crippen LogP contribution in [-0.2, 0) is 0 Å². The molecule has 0 unspecified atom stereocenters. The topological polar surface area (TPSA) is 38.9 Å². The predicted octanol–water partition coefficient (Wildman–Crippen LogP) is 10.2. The van der Waals surface area contributed by atoms with Gasteiger partial charge in [-0.2, -0.15) is 0 Å². The van der Waals surface area contributed by atoms with Crippen LogP contribution in [-0.4, -0.2) is 9.97 Å². The first-order chi connectivity index (χ1) is 20.3. The van der Waals surface area contributed by atoms with E-state index in [0.717, 1.165) is 66.5 Å². The highest BCUT2D eigenvalue weighted by Crippen LogP contribution is 2.48. The van der Waals surface area contributed by atoms with Crippen molar-refractivity contribution >= 4 is 33.0 Å². The lowest BCUT2D eigenvalue weighted by molar-refractivity contribution is 0.670. The molecule has 0 spiro atoms. The number of aromatic nitrogens is 2. The summed E-state index contributed by atoms with van der Waals surface area (Å²) in [5, 5.41) is 3.29. The van der Waals surface area contributed by atoms with Gasteiger partial charge in [0, 0.05) is 39.0 Å². The summed E-state index contributed by atoms with van der Waals surface area (Å²) in [6.07, 6.45) is 1.81. The van der Waals surface area contributed by atoms with Crippen molar-refractivity contribution in [1.82, 2.24) is 9.97 Å². The smallest absolute Gasteiger partial charge is 0.159 e. The molecule has 3 aromatic heterocycles. The third-order valence-electron chi connectivity index (χ3n) is 8.30. The van der Waals surface area contributed by atoms with Crippen molar-refractivity contribution in [2.75, 3.05) is 0 Å². The number of furan rings is 1. The summed E-state index contributed by atoms with van der Waals surface area (Å²) in [5.41, 5.74) is 13.8. The normalized spacial score (nSPS) is 11.9. The Morgan fingerprint density at radius 1 is 0.463 bits per heavy atom. The molecule has 1 aliphatic carbocycles. The molecule has 8 aromatic rings. The van der Waals surface area contributed by atoms with E-state index in [-0.39, 0.29) is 0 Å². The van der Waals surface area contributed by atoms with Gasteiger partial charge in [0.2, 0.25) is 0 Å². The summed E-state index contributed by atoms with van der Waals surface area (Å²) < 4.78 is 6.43. The number of pyridine rings is 2. The van der Waals surface area contributed by atoms with Gasteiger partial charge in [0.1, 0.15) is 11.2 Å². The monoisotopic (exact) mass is 522 g/mol. The summed E-state index contributed by atoms with van der Waals surface area (Å²) in [6.45, 7) is 0. The van der Waals surface area contributed by atoms with Gasteiger partial charge in [-0.25, -0.2) is 9.97 Å². The molecular weight excluding hydrogens is 500 g/mol. The van der Waals surface area contributed by atoms with E-state index in [1.54, 1.807) is 0 Å². The second-order valence-electron chi connectivity index (χ2n) is 10.6. The minimum Gasteiger partial charge on any atom is -0.455 e. The third-order valence-corrected chi connectivity index (χ3v) is 8.30. The first-order valence-electron chi connectivity index (χ1n) is 13.8. The average Bonchev–Trinajstić information content (AvgIpc) is 3.42. The van der Waals surface area contributed by atoms with Crippen LogP contribution < -0.4 is 0 Å². The van der Waals surface area contributed by atoms with Crippen LogP contribution >= 0.6 is 0 Å². The van der Waals surface area contributed by atoms with Crippen LogP contribution in [0.1, 0.15) is 0 Å². The van der Waals surface area contributed by atoms with Crippen LogP contribution in [0.4, 0.5) is 0 Å². The molecule has 3 heteroatoms. The predicted molar refractivity (Wildman–Crippen MR) is 168 cm³/mol. The first-order valence-corrected chi connectivity index (χ1v) is 13.8. The SMILES string of the molecule is c1ccc2c(c1)-c1ccccc1-c1cc3cccnc3nc1-c1ccc(-c3cccc4c3oc3ccccc34)cc1-2. The summed E-state index contributed by atoms with van der Waals surface area (Å²) in [5.74, 6) is 0. The molecule has 190 valence electrons. The van der Waals surface area contributed by atoms with Gasteiger partial charge in [0.05, 0.1) is 5.69 Å². The van der Waals surface area contributed by atoms with E-state index in [0.29, 0.717) is 0 Å². The zero-order valence-electron chi connectivity index (χ0n) is 22.0. The van der Waals surface area contributed by atoms with Gasteiger partial charge in [-0.1, -0.05) is 97.1 Å². The van der Waals surface area contributed by atoms with Crippen molar-refractivity contribution in [2.45, 2.75) is 0 Å². The van der Waals surface area contributed by atoms with Gasteiger partial charge in [0.15, 0.2) is 5.65 Å². The second kappa shape index (κ2) is 8.48. The van der Waals surface area contributed by atoms with E-state index in [9.17, 15) is 0 Å². The maximum atomic E-state index is 6.43. The Kier molecular flexibility index (Phi) is 4.61. The molecule has 0 atom stereocenters. The third kappa shape index (κ3) is 3.26. The molecule has 0 bridgehead atoms. The minimum atomic E-state index is 0.750. The molecule has 0 aliphatic heterocycles. The van der Waals surface area contributed by atoms with Crippen molar-refractivity contribution < 1.29 is 4.42 Å². The van der Waals surface area contributed by atoms with E-state index >= 15 is 0 Å². The standard InChI is InChI=1S/C38H22N2O/c1-3-12-28-26(10-1)27-11-2-4-13-29(27)34-22-24-9-8-20-39-38(24)40-36(34)31-19-18-23(21-33(28)31)25-15-7-16-32-30-14-5-6-17-35(30)41-37(25)32/h1-22H. The largest absolute Gasteiger partial charge is 0.455 e. The highest BCUT2D eigenvalue weighted by atomic mass is 16.3. The molecule has 0 N–H and O–H groups in total. The van der Waals surface area contributed by atoms with Gasteiger partial charge in [-0.3, -0.25) is 0 Å². The van der Waals surface area contributed by atoms with Crippen molar-refractivity contribution in [1.29, 1.82) is 0 Å². The Hall–Kier alpha value is -5.54. The molecular formula is C38H22N2O. The Labute approximate surface area is 236 Å². The van der Waals surface area contributed by atoms with Crippen LogP contribution in [0.25, 0.3) is 88.7 Å². The quantitative estimate of drug-likeness (QED) is 0.215.